The van der Waals surface area contributed by atoms with Crippen molar-refractivity contribution in [2.75, 3.05) is 36.4 Å². The summed E-state index contributed by atoms with van der Waals surface area (Å²) in [5.74, 6) is -0.424. The highest BCUT2D eigenvalue weighted by molar-refractivity contribution is 6.04. The second-order valence-electron chi connectivity index (χ2n) is 6.58. The van der Waals surface area contributed by atoms with E-state index in [1.807, 2.05) is 24.3 Å². The van der Waals surface area contributed by atoms with Crippen molar-refractivity contribution in [2.24, 2.45) is 0 Å². The Kier molecular flexibility index (Phi) is 6.06. The highest BCUT2D eigenvalue weighted by Gasteiger charge is 2.21. The molecule has 1 aromatic carbocycles. The summed E-state index contributed by atoms with van der Waals surface area (Å²) in [5.41, 5.74) is 2.39. The van der Waals surface area contributed by atoms with Gasteiger partial charge >= 0.3 is 0 Å². The van der Waals surface area contributed by atoms with E-state index in [9.17, 15) is 9.59 Å². The Bertz CT molecular complexity index is 794. The standard InChI is InChI=1S/C21H26N4O2/c1-3-24(4-2)17-12-10-16(11-13-17)22-20(26)18-8-7-9-19(23-18)21(27)25-14-5-6-15-25/h7-13H,3-6,14-15H2,1-2H3,(H,22,26). The van der Waals surface area contributed by atoms with Crippen LogP contribution in [-0.2, 0) is 0 Å². The lowest BCUT2D eigenvalue weighted by atomic mass is 10.2. The first-order chi connectivity index (χ1) is 13.1. The van der Waals surface area contributed by atoms with Crippen molar-refractivity contribution in [3.05, 3.63) is 53.9 Å². The van der Waals surface area contributed by atoms with E-state index in [-0.39, 0.29) is 17.5 Å². The molecule has 0 spiro atoms. The summed E-state index contributed by atoms with van der Waals surface area (Å²) < 4.78 is 0. The number of benzene rings is 1. The molecule has 1 aliphatic rings. The second-order valence-corrected chi connectivity index (χ2v) is 6.58. The Hall–Kier alpha value is -2.89. The summed E-state index contributed by atoms with van der Waals surface area (Å²) in [6, 6.07) is 12.7. The fraction of sp³-hybridized carbons (Fsp3) is 0.381. The molecule has 6 heteroatoms. The van der Waals surface area contributed by atoms with E-state index in [1.54, 1.807) is 23.1 Å². The third-order valence-electron chi connectivity index (χ3n) is 4.85. The Labute approximate surface area is 160 Å². The molecule has 2 aromatic rings. The number of carbonyl (C=O) groups excluding carboxylic acids is 2. The SMILES string of the molecule is CCN(CC)c1ccc(NC(=O)c2cccc(C(=O)N3CCCC3)n2)cc1. The maximum Gasteiger partial charge on any atom is 0.274 e. The summed E-state index contributed by atoms with van der Waals surface area (Å²) in [6.45, 7) is 7.61. The van der Waals surface area contributed by atoms with Crippen LogP contribution in [0.3, 0.4) is 0 Å². The number of amides is 2. The van der Waals surface area contributed by atoms with E-state index in [0.29, 0.717) is 11.4 Å². The normalized spacial score (nSPS) is 13.5. The van der Waals surface area contributed by atoms with Crippen LogP contribution >= 0.6 is 0 Å². The molecule has 2 amide bonds. The number of rotatable bonds is 6. The molecule has 0 saturated carbocycles. The predicted molar refractivity (Wildman–Crippen MR) is 107 cm³/mol. The summed E-state index contributed by atoms with van der Waals surface area (Å²) in [4.78, 5) is 33.3. The van der Waals surface area contributed by atoms with Gasteiger partial charge in [-0.05, 0) is 63.1 Å². The van der Waals surface area contributed by atoms with Crippen molar-refractivity contribution in [3.8, 4) is 0 Å². The fourth-order valence-electron chi connectivity index (χ4n) is 3.30. The molecule has 0 bridgehead atoms. The lowest BCUT2D eigenvalue weighted by Crippen LogP contribution is -2.29. The minimum absolute atomic E-state index is 0.106. The summed E-state index contributed by atoms with van der Waals surface area (Å²) in [7, 11) is 0. The summed E-state index contributed by atoms with van der Waals surface area (Å²) in [6.07, 6.45) is 2.05. The zero-order valence-corrected chi connectivity index (χ0v) is 15.9. The van der Waals surface area contributed by atoms with Gasteiger partial charge in [0.05, 0.1) is 0 Å². The highest BCUT2D eigenvalue weighted by atomic mass is 16.2. The van der Waals surface area contributed by atoms with Crippen LogP contribution in [0.2, 0.25) is 0 Å². The monoisotopic (exact) mass is 366 g/mol. The molecule has 1 N–H and O–H groups in total. The minimum Gasteiger partial charge on any atom is -0.372 e. The topological polar surface area (TPSA) is 65.5 Å². The van der Waals surface area contributed by atoms with E-state index in [2.05, 4.69) is 29.0 Å². The Balaban J connectivity index is 1.69. The second kappa shape index (κ2) is 8.66. The van der Waals surface area contributed by atoms with Crippen LogP contribution < -0.4 is 10.2 Å². The van der Waals surface area contributed by atoms with E-state index >= 15 is 0 Å². The average Bonchev–Trinajstić information content (AvgIpc) is 3.24. The van der Waals surface area contributed by atoms with Crippen molar-refractivity contribution < 1.29 is 9.59 Å². The largest absolute Gasteiger partial charge is 0.372 e. The quantitative estimate of drug-likeness (QED) is 0.851. The molecule has 1 fully saturated rings. The number of aromatic nitrogens is 1. The van der Waals surface area contributed by atoms with Crippen LogP contribution in [0.25, 0.3) is 0 Å². The van der Waals surface area contributed by atoms with Crippen molar-refractivity contribution in [1.82, 2.24) is 9.88 Å². The highest BCUT2D eigenvalue weighted by Crippen LogP contribution is 2.18. The van der Waals surface area contributed by atoms with Gasteiger partial charge in [-0.1, -0.05) is 6.07 Å². The minimum atomic E-state index is -0.318. The van der Waals surface area contributed by atoms with Gasteiger partial charge in [0.15, 0.2) is 0 Å². The molecular formula is C21H26N4O2. The van der Waals surface area contributed by atoms with Crippen LogP contribution in [0.1, 0.15) is 47.7 Å². The molecule has 0 unspecified atom stereocenters. The fourth-order valence-corrected chi connectivity index (χ4v) is 3.30. The Morgan fingerprint density at radius 3 is 2.26 bits per heavy atom. The summed E-state index contributed by atoms with van der Waals surface area (Å²) >= 11 is 0. The van der Waals surface area contributed by atoms with Gasteiger partial charge in [-0.25, -0.2) is 4.98 Å². The van der Waals surface area contributed by atoms with Crippen LogP contribution in [0.15, 0.2) is 42.5 Å². The van der Waals surface area contributed by atoms with Crippen LogP contribution in [0, 0.1) is 0 Å². The number of hydrogen-bond donors (Lipinski definition) is 1. The first-order valence-electron chi connectivity index (χ1n) is 9.55. The number of nitrogens with zero attached hydrogens (tertiary/aromatic N) is 3. The van der Waals surface area contributed by atoms with E-state index < -0.39 is 0 Å². The number of hydrogen-bond acceptors (Lipinski definition) is 4. The van der Waals surface area contributed by atoms with Gasteiger partial charge in [0.2, 0.25) is 0 Å². The smallest absolute Gasteiger partial charge is 0.274 e. The number of likely N-dealkylation sites (tertiary alicyclic amines) is 1. The van der Waals surface area contributed by atoms with Crippen molar-refractivity contribution in [1.29, 1.82) is 0 Å². The van der Waals surface area contributed by atoms with Gasteiger partial charge in [-0.3, -0.25) is 9.59 Å². The lowest BCUT2D eigenvalue weighted by molar-refractivity contribution is 0.0787. The number of pyridine rings is 1. The number of carbonyl (C=O) groups is 2. The van der Waals surface area contributed by atoms with E-state index in [1.165, 1.54) is 0 Å². The van der Waals surface area contributed by atoms with Gasteiger partial charge in [0.1, 0.15) is 11.4 Å². The molecule has 6 nitrogen and oxygen atoms in total. The third kappa shape index (κ3) is 4.45. The van der Waals surface area contributed by atoms with Crippen LogP contribution in [0.5, 0.6) is 0 Å². The van der Waals surface area contributed by atoms with Crippen LogP contribution in [0.4, 0.5) is 11.4 Å². The van der Waals surface area contributed by atoms with E-state index in [0.717, 1.165) is 44.7 Å². The Morgan fingerprint density at radius 1 is 1.00 bits per heavy atom. The first kappa shape index (κ1) is 18.9. The molecule has 0 atom stereocenters. The molecule has 3 rings (SSSR count). The molecular weight excluding hydrogens is 340 g/mol. The summed E-state index contributed by atoms with van der Waals surface area (Å²) in [5, 5.41) is 2.85. The third-order valence-corrected chi connectivity index (χ3v) is 4.85. The molecule has 0 radical (unpaired) electrons. The molecule has 2 heterocycles. The van der Waals surface area contributed by atoms with E-state index in [4.69, 9.17) is 0 Å². The predicted octanol–water partition coefficient (Wildman–Crippen LogP) is 3.42. The zero-order chi connectivity index (χ0) is 19.2. The zero-order valence-electron chi connectivity index (χ0n) is 15.9. The maximum absolute atomic E-state index is 12.5. The molecule has 1 aromatic heterocycles. The van der Waals surface area contributed by atoms with Crippen molar-refractivity contribution >= 4 is 23.2 Å². The van der Waals surface area contributed by atoms with Gasteiger partial charge in [0.25, 0.3) is 11.8 Å². The lowest BCUT2D eigenvalue weighted by Gasteiger charge is -2.21. The molecule has 142 valence electrons. The van der Waals surface area contributed by atoms with Gasteiger partial charge < -0.3 is 15.1 Å². The number of nitrogens with one attached hydrogen (secondary N) is 1. The Morgan fingerprint density at radius 2 is 1.63 bits per heavy atom. The van der Waals surface area contributed by atoms with Crippen molar-refractivity contribution in [2.45, 2.75) is 26.7 Å². The van der Waals surface area contributed by atoms with Crippen molar-refractivity contribution in [3.63, 3.8) is 0 Å². The number of anilines is 2. The molecule has 0 aliphatic carbocycles. The molecule has 1 saturated heterocycles. The van der Waals surface area contributed by atoms with Gasteiger partial charge in [0, 0.05) is 37.6 Å². The molecule has 27 heavy (non-hydrogen) atoms. The van der Waals surface area contributed by atoms with Gasteiger partial charge in [-0.2, -0.15) is 0 Å². The maximum atomic E-state index is 12.5. The first-order valence-corrected chi connectivity index (χ1v) is 9.55. The van der Waals surface area contributed by atoms with Crippen LogP contribution in [-0.4, -0.2) is 47.9 Å². The molecule has 1 aliphatic heterocycles. The van der Waals surface area contributed by atoms with Gasteiger partial charge in [-0.15, -0.1) is 0 Å². The average molecular weight is 366 g/mol.